The maximum atomic E-state index is 13.0. The second-order valence-corrected chi connectivity index (χ2v) is 10.3. The molecule has 2 saturated carbocycles. The summed E-state index contributed by atoms with van der Waals surface area (Å²) in [6.07, 6.45) is 6.14. The van der Waals surface area contributed by atoms with Gasteiger partial charge in [0, 0.05) is 10.8 Å². The van der Waals surface area contributed by atoms with E-state index in [-0.39, 0.29) is 30.0 Å². The normalized spacial score (nSPS) is 42.4. The predicted octanol–water partition coefficient (Wildman–Crippen LogP) is 2.68. The second kappa shape index (κ2) is 6.97. The van der Waals surface area contributed by atoms with Gasteiger partial charge in [-0.2, -0.15) is 0 Å². The quantitative estimate of drug-likeness (QED) is 0.527. The Bertz CT molecular complexity index is 957. The number of ketones is 3. The maximum Gasteiger partial charge on any atom is 0.220 e. The Morgan fingerprint density at radius 1 is 1.26 bits per heavy atom. The Balaban J connectivity index is 1.78. The molecule has 0 radical (unpaired) electrons. The lowest BCUT2D eigenvalue weighted by Crippen LogP contribution is -2.58. The fraction of sp³-hybridized carbons (Fsp3) is 0.640. The van der Waals surface area contributed by atoms with Crippen LogP contribution in [0.25, 0.3) is 0 Å². The summed E-state index contributed by atoms with van der Waals surface area (Å²) in [7, 11) is 1.50. The summed E-state index contributed by atoms with van der Waals surface area (Å²) in [5.41, 5.74) is -0.635. The third-order valence-electron chi connectivity index (χ3n) is 8.76. The maximum absolute atomic E-state index is 13.0. The van der Waals surface area contributed by atoms with Gasteiger partial charge in [-0.3, -0.25) is 14.4 Å². The van der Waals surface area contributed by atoms with E-state index >= 15 is 0 Å². The van der Waals surface area contributed by atoms with Crippen molar-refractivity contribution < 1.29 is 29.3 Å². The van der Waals surface area contributed by atoms with Crippen LogP contribution < -0.4 is 0 Å². The number of rotatable bonds is 4. The largest absolute Gasteiger partial charge is 0.493 e. The number of fused-ring (bicyclic) bond motifs is 5. The van der Waals surface area contributed by atoms with Gasteiger partial charge in [0.2, 0.25) is 11.6 Å². The average Bonchev–Trinajstić information content (AvgIpc) is 3.00. The molecule has 0 saturated heterocycles. The molecule has 6 heteroatoms. The highest BCUT2D eigenvalue weighted by atomic mass is 16.5. The number of carbonyl (C=O) groups is 3. The van der Waals surface area contributed by atoms with Crippen LogP contribution in [0, 0.1) is 28.6 Å². The second-order valence-electron chi connectivity index (χ2n) is 10.3. The van der Waals surface area contributed by atoms with Crippen molar-refractivity contribution in [1.82, 2.24) is 0 Å². The highest BCUT2D eigenvalue weighted by Crippen LogP contribution is 2.66. The minimum atomic E-state index is -1.79. The van der Waals surface area contributed by atoms with Crippen molar-refractivity contribution in [2.75, 3.05) is 7.11 Å². The molecule has 2 N–H and O–H groups in total. The number of hydrogen-bond donors (Lipinski definition) is 2. The van der Waals surface area contributed by atoms with Gasteiger partial charge in [0.1, 0.15) is 5.60 Å². The SMILES string of the molecule is COC1=CC2(C)C(=CC1=O)C(C)CC1C2=CCC2(C)C1CC[C@]2(O)C(=O)C(O)C(C)=O. The molecule has 2 fully saturated rings. The Morgan fingerprint density at radius 2 is 1.94 bits per heavy atom. The fourth-order valence-electron chi connectivity index (χ4n) is 6.99. The molecule has 6 nitrogen and oxygen atoms in total. The molecule has 4 aliphatic rings. The summed E-state index contributed by atoms with van der Waals surface area (Å²) < 4.78 is 5.35. The van der Waals surface area contributed by atoms with Crippen molar-refractivity contribution in [3.63, 3.8) is 0 Å². The summed E-state index contributed by atoms with van der Waals surface area (Å²) in [6.45, 7) is 7.33. The van der Waals surface area contributed by atoms with E-state index in [2.05, 4.69) is 19.9 Å². The first-order chi connectivity index (χ1) is 14.4. The van der Waals surface area contributed by atoms with Gasteiger partial charge in [0.05, 0.1) is 7.11 Å². The standard InChI is InChI=1S/C25H32O6/c1-13-10-15-16(23(3)12-20(31-5)19(27)11-18(13)23)6-8-24(4)17(15)7-9-25(24,30)22(29)21(28)14(2)26/h6,11-13,15,17,21,28,30H,7-10H2,1-5H3/t13?,15?,17?,21?,23?,24?,25-/m0/s1. The molecule has 7 atom stereocenters. The Morgan fingerprint density at radius 3 is 2.55 bits per heavy atom. The summed E-state index contributed by atoms with van der Waals surface area (Å²) in [5.74, 6) is -0.845. The van der Waals surface area contributed by atoms with Crippen LogP contribution in [0.5, 0.6) is 0 Å². The van der Waals surface area contributed by atoms with E-state index in [4.69, 9.17) is 4.74 Å². The van der Waals surface area contributed by atoms with Crippen LogP contribution in [-0.4, -0.2) is 46.4 Å². The molecule has 4 rings (SSSR count). The lowest BCUT2D eigenvalue weighted by Gasteiger charge is -2.55. The summed E-state index contributed by atoms with van der Waals surface area (Å²) >= 11 is 0. The van der Waals surface area contributed by atoms with Crippen LogP contribution in [-0.2, 0) is 19.1 Å². The zero-order valence-electron chi connectivity index (χ0n) is 18.9. The van der Waals surface area contributed by atoms with Crippen molar-refractivity contribution in [2.24, 2.45) is 28.6 Å². The molecule has 0 amide bonds. The van der Waals surface area contributed by atoms with Crippen LogP contribution in [0.3, 0.4) is 0 Å². The number of allylic oxidation sites excluding steroid dienone is 5. The Labute approximate surface area is 183 Å². The zero-order chi connectivity index (χ0) is 22.9. The van der Waals surface area contributed by atoms with Crippen molar-refractivity contribution in [3.05, 3.63) is 35.1 Å². The van der Waals surface area contributed by atoms with E-state index in [1.54, 1.807) is 6.08 Å². The van der Waals surface area contributed by atoms with Gasteiger partial charge in [-0.1, -0.05) is 25.5 Å². The highest BCUT2D eigenvalue weighted by molar-refractivity contribution is 6.08. The van der Waals surface area contributed by atoms with Crippen molar-refractivity contribution in [1.29, 1.82) is 0 Å². The lowest BCUT2D eigenvalue weighted by atomic mass is 9.49. The van der Waals surface area contributed by atoms with Crippen LogP contribution in [0.4, 0.5) is 0 Å². The molecule has 31 heavy (non-hydrogen) atoms. The van der Waals surface area contributed by atoms with Gasteiger partial charge in [-0.15, -0.1) is 0 Å². The molecule has 0 bridgehead atoms. The first-order valence-corrected chi connectivity index (χ1v) is 11.1. The number of hydrogen-bond acceptors (Lipinski definition) is 6. The molecular weight excluding hydrogens is 396 g/mol. The van der Waals surface area contributed by atoms with Crippen LogP contribution in [0.15, 0.2) is 35.1 Å². The fourth-order valence-corrected chi connectivity index (χ4v) is 6.99. The Hall–Kier alpha value is -2.05. The summed E-state index contributed by atoms with van der Waals surface area (Å²) in [6, 6.07) is 0. The first-order valence-electron chi connectivity index (χ1n) is 11.1. The van der Waals surface area contributed by atoms with Crippen molar-refractivity contribution in [3.8, 4) is 0 Å². The van der Waals surface area contributed by atoms with Gasteiger partial charge >= 0.3 is 0 Å². The van der Waals surface area contributed by atoms with Gasteiger partial charge in [0.25, 0.3) is 0 Å². The topological polar surface area (TPSA) is 101 Å². The molecule has 4 aliphatic carbocycles. The van der Waals surface area contributed by atoms with Gasteiger partial charge in [-0.25, -0.2) is 0 Å². The van der Waals surface area contributed by atoms with E-state index in [1.165, 1.54) is 19.6 Å². The zero-order valence-corrected chi connectivity index (χ0v) is 18.9. The number of methoxy groups -OCH3 is 1. The number of ether oxygens (including phenoxy) is 1. The third kappa shape index (κ3) is 2.80. The van der Waals surface area contributed by atoms with E-state index in [9.17, 15) is 24.6 Å². The molecule has 0 aromatic rings. The molecule has 168 valence electrons. The summed E-state index contributed by atoms with van der Waals surface area (Å²) in [5, 5.41) is 21.7. The van der Waals surface area contributed by atoms with Gasteiger partial charge < -0.3 is 14.9 Å². The van der Waals surface area contributed by atoms with E-state index < -0.39 is 34.1 Å². The molecule has 0 spiro atoms. The van der Waals surface area contributed by atoms with Crippen LogP contribution in [0.2, 0.25) is 0 Å². The first kappa shape index (κ1) is 22.2. The van der Waals surface area contributed by atoms with Crippen LogP contribution >= 0.6 is 0 Å². The van der Waals surface area contributed by atoms with Crippen molar-refractivity contribution >= 4 is 17.3 Å². The van der Waals surface area contributed by atoms with E-state index in [0.29, 0.717) is 18.6 Å². The minimum absolute atomic E-state index is 0.0402. The number of Topliss-reactive ketones (excluding diaryl/α,β-unsaturated/α-hetero) is 2. The predicted molar refractivity (Wildman–Crippen MR) is 114 cm³/mol. The summed E-state index contributed by atoms with van der Waals surface area (Å²) in [4.78, 5) is 37.1. The van der Waals surface area contributed by atoms with Crippen molar-refractivity contribution in [2.45, 2.75) is 65.1 Å². The minimum Gasteiger partial charge on any atom is -0.493 e. The van der Waals surface area contributed by atoms with Gasteiger partial charge in [0.15, 0.2) is 17.6 Å². The number of aliphatic hydroxyl groups is 2. The molecular formula is C25H32O6. The molecule has 0 aliphatic heterocycles. The third-order valence-corrected chi connectivity index (χ3v) is 8.76. The smallest absolute Gasteiger partial charge is 0.220 e. The average molecular weight is 429 g/mol. The monoisotopic (exact) mass is 428 g/mol. The number of aliphatic hydroxyl groups excluding tert-OH is 1. The molecule has 0 heterocycles. The highest BCUT2D eigenvalue weighted by Gasteiger charge is 2.65. The van der Waals surface area contributed by atoms with E-state index in [1.807, 2.05) is 13.0 Å². The lowest BCUT2D eigenvalue weighted by molar-refractivity contribution is -0.164. The van der Waals surface area contributed by atoms with Crippen LogP contribution in [0.1, 0.15) is 53.4 Å². The number of carbonyl (C=O) groups excluding carboxylic acids is 3. The molecule has 0 aromatic carbocycles. The molecule has 0 aromatic heterocycles. The Kier molecular flexibility index (Phi) is 4.98. The molecule has 6 unspecified atom stereocenters. The van der Waals surface area contributed by atoms with Gasteiger partial charge in [-0.05, 0) is 75.0 Å². The van der Waals surface area contributed by atoms with E-state index in [0.717, 1.165) is 12.0 Å².